The van der Waals surface area contributed by atoms with Crippen LogP contribution in [0.4, 0.5) is 11.4 Å². The lowest BCUT2D eigenvalue weighted by molar-refractivity contribution is 0.0950. The Morgan fingerprint density at radius 3 is 2.46 bits per heavy atom. The molecule has 0 aliphatic heterocycles. The number of benzene rings is 2. The standard InChI is InChI=1S/C19H16ClN3O/c20-16-6-8-17(9-7-16)23-18-10-15(12-21-13-18)19(24)22-11-14-4-2-1-3-5-14/h1-10,12-13,23H,11H2,(H,22,24). The highest BCUT2D eigenvalue weighted by molar-refractivity contribution is 6.30. The number of nitrogens with zero attached hydrogens (tertiary/aromatic N) is 1. The van der Waals surface area contributed by atoms with E-state index >= 15 is 0 Å². The van der Waals surface area contributed by atoms with E-state index in [0.29, 0.717) is 17.1 Å². The Bertz CT molecular complexity index is 820. The zero-order valence-electron chi connectivity index (χ0n) is 12.9. The van der Waals surface area contributed by atoms with Crippen LogP contribution in [0.1, 0.15) is 15.9 Å². The molecule has 0 saturated carbocycles. The van der Waals surface area contributed by atoms with Crippen molar-refractivity contribution in [1.82, 2.24) is 10.3 Å². The highest BCUT2D eigenvalue weighted by Gasteiger charge is 2.07. The number of carbonyl (C=O) groups excluding carboxylic acids is 1. The molecule has 0 spiro atoms. The van der Waals surface area contributed by atoms with Crippen LogP contribution in [0.5, 0.6) is 0 Å². The number of pyridine rings is 1. The van der Waals surface area contributed by atoms with Crippen molar-refractivity contribution in [3.63, 3.8) is 0 Å². The van der Waals surface area contributed by atoms with Crippen molar-refractivity contribution in [3.05, 3.63) is 89.2 Å². The van der Waals surface area contributed by atoms with Gasteiger partial charge in [0.05, 0.1) is 17.4 Å². The molecular weight excluding hydrogens is 322 g/mol. The topological polar surface area (TPSA) is 54.0 Å². The minimum atomic E-state index is -0.161. The molecular formula is C19H16ClN3O. The second-order valence-electron chi connectivity index (χ2n) is 5.26. The van der Waals surface area contributed by atoms with Crippen molar-refractivity contribution < 1.29 is 4.79 Å². The number of carbonyl (C=O) groups is 1. The monoisotopic (exact) mass is 337 g/mol. The van der Waals surface area contributed by atoms with Gasteiger partial charge < -0.3 is 10.6 Å². The quantitative estimate of drug-likeness (QED) is 0.725. The molecule has 3 aromatic rings. The van der Waals surface area contributed by atoms with Crippen LogP contribution in [-0.4, -0.2) is 10.9 Å². The maximum atomic E-state index is 12.3. The van der Waals surface area contributed by atoms with Crippen molar-refractivity contribution >= 4 is 28.9 Å². The molecule has 0 saturated heterocycles. The van der Waals surface area contributed by atoms with Crippen LogP contribution in [0.2, 0.25) is 5.02 Å². The van der Waals surface area contributed by atoms with Crippen molar-refractivity contribution in [1.29, 1.82) is 0 Å². The normalized spacial score (nSPS) is 10.2. The molecule has 24 heavy (non-hydrogen) atoms. The van der Waals surface area contributed by atoms with E-state index in [1.165, 1.54) is 0 Å². The molecule has 0 unspecified atom stereocenters. The lowest BCUT2D eigenvalue weighted by Crippen LogP contribution is -2.22. The minimum absolute atomic E-state index is 0.161. The second kappa shape index (κ2) is 7.62. The maximum Gasteiger partial charge on any atom is 0.253 e. The van der Waals surface area contributed by atoms with E-state index in [1.807, 2.05) is 42.5 Å². The van der Waals surface area contributed by atoms with Crippen LogP contribution in [-0.2, 0) is 6.54 Å². The van der Waals surface area contributed by atoms with Gasteiger partial charge in [0.25, 0.3) is 5.91 Å². The molecule has 0 atom stereocenters. The van der Waals surface area contributed by atoms with Gasteiger partial charge in [-0.05, 0) is 35.9 Å². The number of anilines is 2. The molecule has 2 N–H and O–H groups in total. The van der Waals surface area contributed by atoms with E-state index in [2.05, 4.69) is 15.6 Å². The molecule has 2 aromatic carbocycles. The first-order valence-corrected chi connectivity index (χ1v) is 7.88. The number of hydrogen-bond donors (Lipinski definition) is 2. The summed E-state index contributed by atoms with van der Waals surface area (Å²) in [6.45, 7) is 0.481. The fraction of sp³-hybridized carbons (Fsp3) is 0.0526. The predicted molar refractivity (Wildman–Crippen MR) is 96.6 cm³/mol. The summed E-state index contributed by atoms with van der Waals surface area (Å²) in [6, 6.07) is 18.9. The van der Waals surface area contributed by atoms with Gasteiger partial charge in [-0.3, -0.25) is 9.78 Å². The highest BCUT2D eigenvalue weighted by atomic mass is 35.5. The van der Waals surface area contributed by atoms with E-state index in [4.69, 9.17) is 11.6 Å². The fourth-order valence-corrected chi connectivity index (χ4v) is 2.34. The number of amides is 1. The summed E-state index contributed by atoms with van der Waals surface area (Å²) < 4.78 is 0. The highest BCUT2D eigenvalue weighted by Crippen LogP contribution is 2.19. The van der Waals surface area contributed by atoms with E-state index < -0.39 is 0 Å². The van der Waals surface area contributed by atoms with Crippen LogP contribution >= 0.6 is 11.6 Å². The van der Waals surface area contributed by atoms with Gasteiger partial charge in [-0.15, -0.1) is 0 Å². The third-order valence-corrected chi connectivity index (χ3v) is 3.68. The van der Waals surface area contributed by atoms with Crippen LogP contribution in [0, 0.1) is 0 Å². The average molecular weight is 338 g/mol. The van der Waals surface area contributed by atoms with Crippen molar-refractivity contribution in [2.24, 2.45) is 0 Å². The first kappa shape index (κ1) is 16.0. The molecule has 0 radical (unpaired) electrons. The predicted octanol–water partition coefficient (Wildman–Crippen LogP) is 4.41. The second-order valence-corrected chi connectivity index (χ2v) is 5.70. The summed E-state index contributed by atoms with van der Waals surface area (Å²) in [5.74, 6) is -0.161. The van der Waals surface area contributed by atoms with Crippen LogP contribution in [0.25, 0.3) is 0 Å². The summed E-state index contributed by atoms with van der Waals surface area (Å²) in [6.07, 6.45) is 3.22. The number of nitrogens with one attached hydrogen (secondary N) is 2. The van der Waals surface area contributed by atoms with Gasteiger partial charge in [0.2, 0.25) is 0 Å². The average Bonchev–Trinajstić information content (AvgIpc) is 2.63. The fourth-order valence-electron chi connectivity index (χ4n) is 2.21. The molecule has 0 aliphatic carbocycles. The molecule has 1 aromatic heterocycles. The summed E-state index contributed by atoms with van der Waals surface area (Å²) in [4.78, 5) is 16.4. The van der Waals surface area contributed by atoms with E-state index in [-0.39, 0.29) is 5.91 Å². The summed E-state index contributed by atoms with van der Waals surface area (Å²) in [5.41, 5.74) is 3.17. The molecule has 3 rings (SSSR count). The van der Waals surface area contributed by atoms with Crippen molar-refractivity contribution in [2.75, 3.05) is 5.32 Å². The number of aromatic nitrogens is 1. The lowest BCUT2D eigenvalue weighted by atomic mass is 10.2. The van der Waals surface area contributed by atoms with Gasteiger partial charge in [-0.25, -0.2) is 0 Å². The molecule has 1 heterocycles. The Hall–Kier alpha value is -2.85. The third kappa shape index (κ3) is 4.33. The van der Waals surface area contributed by atoms with Gasteiger partial charge in [0, 0.05) is 23.5 Å². The van der Waals surface area contributed by atoms with Crippen LogP contribution in [0.15, 0.2) is 73.1 Å². The largest absolute Gasteiger partial charge is 0.354 e. The Balaban J connectivity index is 1.65. The molecule has 4 nitrogen and oxygen atoms in total. The van der Waals surface area contributed by atoms with Gasteiger partial charge in [-0.2, -0.15) is 0 Å². The van der Waals surface area contributed by atoms with Gasteiger partial charge in [0.15, 0.2) is 0 Å². The van der Waals surface area contributed by atoms with Gasteiger partial charge in [-0.1, -0.05) is 41.9 Å². The Morgan fingerprint density at radius 2 is 1.71 bits per heavy atom. The number of hydrogen-bond acceptors (Lipinski definition) is 3. The van der Waals surface area contributed by atoms with Crippen molar-refractivity contribution in [2.45, 2.75) is 6.54 Å². The maximum absolute atomic E-state index is 12.3. The van der Waals surface area contributed by atoms with Crippen molar-refractivity contribution in [3.8, 4) is 0 Å². The van der Waals surface area contributed by atoms with Crippen LogP contribution < -0.4 is 10.6 Å². The Kier molecular flexibility index (Phi) is 5.08. The third-order valence-electron chi connectivity index (χ3n) is 3.43. The molecule has 0 bridgehead atoms. The number of halogens is 1. The lowest BCUT2D eigenvalue weighted by Gasteiger charge is -2.09. The summed E-state index contributed by atoms with van der Waals surface area (Å²) >= 11 is 5.87. The molecule has 1 amide bonds. The zero-order valence-corrected chi connectivity index (χ0v) is 13.6. The first-order chi connectivity index (χ1) is 11.7. The molecule has 5 heteroatoms. The first-order valence-electron chi connectivity index (χ1n) is 7.50. The van der Waals surface area contributed by atoms with Gasteiger partial charge >= 0.3 is 0 Å². The summed E-state index contributed by atoms with van der Waals surface area (Å²) in [5, 5.41) is 6.76. The molecule has 0 fully saturated rings. The van der Waals surface area contributed by atoms with Gasteiger partial charge in [0.1, 0.15) is 0 Å². The zero-order chi connectivity index (χ0) is 16.8. The van der Waals surface area contributed by atoms with Crippen LogP contribution in [0.3, 0.4) is 0 Å². The minimum Gasteiger partial charge on any atom is -0.354 e. The van der Waals surface area contributed by atoms with E-state index in [1.54, 1.807) is 30.6 Å². The van der Waals surface area contributed by atoms with E-state index in [9.17, 15) is 4.79 Å². The molecule has 120 valence electrons. The smallest absolute Gasteiger partial charge is 0.253 e. The number of rotatable bonds is 5. The Labute approximate surface area is 145 Å². The van der Waals surface area contributed by atoms with E-state index in [0.717, 1.165) is 16.9 Å². The molecule has 0 aliphatic rings. The SMILES string of the molecule is O=C(NCc1ccccc1)c1cncc(Nc2ccc(Cl)cc2)c1. The Morgan fingerprint density at radius 1 is 0.958 bits per heavy atom. The summed E-state index contributed by atoms with van der Waals surface area (Å²) in [7, 11) is 0.